The van der Waals surface area contributed by atoms with E-state index >= 15 is 0 Å². The predicted octanol–water partition coefficient (Wildman–Crippen LogP) is 3.91. The summed E-state index contributed by atoms with van der Waals surface area (Å²) in [6, 6.07) is 0. The molecule has 0 aromatic carbocycles. The predicted molar refractivity (Wildman–Crippen MR) is 58.3 cm³/mol. The van der Waals surface area contributed by atoms with E-state index in [4.69, 9.17) is 4.42 Å². The van der Waals surface area contributed by atoms with Crippen molar-refractivity contribution in [2.24, 2.45) is 0 Å². The van der Waals surface area contributed by atoms with Crippen LogP contribution in [0.3, 0.4) is 0 Å². The van der Waals surface area contributed by atoms with Gasteiger partial charge in [0.15, 0.2) is 0 Å². The van der Waals surface area contributed by atoms with Gasteiger partial charge in [0.05, 0.1) is 0 Å². The SMILES string of the molecule is C=Cc1oc(/C=C\C)c(C)c1C=C. The summed E-state index contributed by atoms with van der Waals surface area (Å²) in [5.41, 5.74) is 2.14. The van der Waals surface area contributed by atoms with E-state index in [9.17, 15) is 0 Å². The van der Waals surface area contributed by atoms with Crippen molar-refractivity contribution in [3.05, 3.63) is 41.9 Å². The van der Waals surface area contributed by atoms with Crippen LogP contribution in [-0.4, -0.2) is 0 Å². The van der Waals surface area contributed by atoms with Crippen LogP contribution in [0, 0.1) is 6.92 Å². The van der Waals surface area contributed by atoms with Gasteiger partial charge >= 0.3 is 0 Å². The van der Waals surface area contributed by atoms with E-state index in [1.165, 1.54) is 0 Å². The van der Waals surface area contributed by atoms with Crippen molar-refractivity contribution in [2.75, 3.05) is 0 Å². The molecule has 0 unspecified atom stereocenters. The van der Waals surface area contributed by atoms with E-state index in [1.807, 2.05) is 26.0 Å². The molecule has 0 atom stereocenters. The molecule has 0 spiro atoms. The zero-order chi connectivity index (χ0) is 9.84. The quantitative estimate of drug-likeness (QED) is 0.677. The Morgan fingerprint density at radius 2 is 1.85 bits per heavy atom. The molecule has 1 heteroatoms. The Morgan fingerprint density at radius 1 is 1.15 bits per heavy atom. The molecular weight excluding hydrogens is 160 g/mol. The largest absolute Gasteiger partial charge is 0.456 e. The summed E-state index contributed by atoms with van der Waals surface area (Å²) in [6.07, 6.45) is 7.39. The van der Waals surface area contributed by atoms with Crippen molar-refractivity contribution < 1.29 is 4.42 Å². The molecule has 0 aliphatic rings. The van der Waals surface area contributed by atoms with E-state index < -0.39 is 0 Å². The Balaban J connectivity index is 3.33. The summed E-state index contributed by atoms with van der Waals surface area (Å²) in [6.45, 7) is 11.4. The van der Waals surface area contributed by atoms with Crippen molar-refractivity contribution in [3.63, 3.8) is 0 Å². The minimum Gasteiger partial charge on any atom is -0.456 e. The summed E-state index contributed by atoms with van der Waals surface area (Å²) in [4.78, 5) is 0. The van der Waals surface area contributed by atoms with Crippen LogP contribution in [0.1, 0.15) is 29.6 Å². The first-order valence-electron chi connectivity index (χ1n) is 4.25. The van der Waals surface area contributed by atoms with E-state index in [-0.39, 0.29) is 0 Å². The lowest BCUT2D eigenvalue weighted by molar-refractivity contribution is 0.545. The second-order valence-corrected chi connectivity index (χ2v) is 2.78. The number of hydrogen-bond acceptors (Lipinski definition) is 1. The molecule has 1 aromatic heterocycles. The van der Waals surface area contributed by atoms with Crippen LogP contribution in [0.2, 0.25) is 0 Å². The summed E-state index contributed by atoms with van der Waals surface area (Å²) < 4.78 is 5.55. The number of rotatable bonds is 3. The fourth-order valence-corrected chi connectivity index (χ4v) is 1.28. The minimum atomic E-state index is 0.792. The monoisotopic (exact) mass is 174 g/mol. The minimum absolute atomic E-state index is 0.792. The van der Waals surface area contributed by atoms with Crippen molar-refractivity contribution in [2.45, 2.75) is 13.8 Å². The van der Waals surface area contributed by atoms with Crippen LogP contribution < -0.4 is 0 Å². The van der Waals surface area contributed by atoms with Gasteiger partial charge in [-0.3, -0.25) is 0 Å². The molecule has 0 saturated carbocycles. The number of allylic oxidation sites excluding steroid dienone is 1. The molecular formula is C12H14O. The summed E-state index contributed by atoms with van der Waals surface area (Å²) in [5.74, 6) is 1.67. The van der Waals surface area contributed by atoms with Crippen LogP contribution in [0.15, 0.2) is 23.7 Å². The van der Waals surface area contributed by atoms with Gasteiger partial charge in [0.25, 0.3) is 0 Å². The van der Waals surface area contributed by atoms with Gasteiger partial charge in [-0.15, -0.1) is 0 Å². The highest BCUT2D eigenvalue weighted by molar-refractivity contribution is 5.67. The van der Waals surface area contributed by atoms with Crippen molar-refractivity contribution in [3.8, 4) is 0 Å². The highest BCUT2D eigenvalue weighted by atomic mass is 16.3. The number of furan rings is 1. The molecule has 0 radical (unpaired) electrons. The first-order valence-corrected chi connectivity index (χ1v) is 4.25. The lowest BCUT2D eigenvalue weighted by atomic mass is 10.1. The van der Waals surface area contributed by atoms with E-state index in [2.05, 4.69) is 13.2 Å². The first kappa shape index (κ1) is 9.59. The molecule has 1 nitrogen and oxygen atoms in total. The van der Waals surface area contributed by atoms with E-state index in [0.717, 1.165) is 22.6 Å². The Morgan fingerprint density at radius 3 is 2.23 bits per heavy atom. The third-order valence-electron chi connectivity index (χ3n) is 1.97. The molecule has 0 saturated heterocycles. The third-order valence-corrected chi connectivity index (χ3v) is 1.97. The maximum Gasteiger partial charge on any atom is 0.134 e. The van der Waals surface area contributed by atoms with Crippen LogP contribution in [0.25, 0.3) is 18.2 Å². The van der Waals surface area contributed by atoms with Gasteiger partial charge in [0.1, 0.15) is 11.5 Å². The molecule has 0 aliphatic heterocycles. The van der Waals surface area contributed by atoms with Gasteiger partial charge in [-0.25, -0.2) is 0 Å². The molecule has 68 valence electrons. The average Bonchev–Trinajstić information content (AvgIpc) is 2.44. The Hall–Kier alpha value is -1.50. The molecule has 0 bridgehead atoms. The standard InChI is InChI=1S/C12H14O/c1-5-8-12-9(4)10(6-2)11(7-3)13-12/h5-8H,2-3H2,1,4H3/b8-5-. The lowest BCUT2D eigenvalue weighted by Crippen LogP contribution is -1.75. The fraction of sp³-hybridized carbons (Fsp3) is 0.167. The van der Waals surface area contributed by atoms with Gasteiger partial charge in [0.2, 0.25) is 0 Å². The molecule has 1 rings (SSSR count). The maximum absolute atomic E-state index is 5.55. The zero-order valence-corrected chi connectivity index (χ0v) is 8.13. The van der Waals surface area contributed by atoms with Crippen LogP contribution >= 0.6 is 0 Å². The van der Waals surface area contributed by atoms with Gasteiger partial charge in [0, 0.05) is 11.1 Å². The molecule has 1 heterocycles. The van der Waals surface area contributed by atoms with Gasteiger partial charge in [-0.1, -0.05) is 25.3 Å². The van der Waals surface area contributed by atoms with E-state index in [0.29, 0.717) is 0 Å². The second-order valence-electron chi connectivity index (χ2n) is 2.78. The van der Waals surface area contributed by atoms with Crippen molar-refractivity contribution in [1.29, 1.82) is 0 Å². The summed E-state index contributed by atoms with van der Waals surface area (Å²) >= 11 is 0. The maximum atomic E-state index is 5.55. The van der Waals surface area contributed by atoms with Crippen molar-refractivity contribution in [1.82, 2.24) is 0 Å². The normalized spacial score (nSPS) is 10.6. The topological polar surface area (TPSA) is 13.1 Å². The molecule has 13 heavy (non-hydrogen) atoms. The molecule has 0 N–H and O–H groups in total. The molecule has 0 fully saturated rings. The first-order chi connectivity index (χ1) is 6.24. The van der Waals surface area contributed by atoms with E-state index in [1.54, 1.807) is 12.2 Å². The highest BCUT2D eigenvalue weighted by Crippen LogP contribution is 2.24. The molecule has 0 aliphatic carbocycles. The second kappa shape index (κ2) is 3.94. The zero-order valence-electron chi connectivity index (χ0n) is 8.13. The highest BCUT2D eigenvalue weighted by Gasteiger charge is 2.09. The molecule has 0 amide bonds. The van der Waals surface area contributed by atoms with Crippen LogP contribution in [0.5, 0.6) is 0 Å². The summed E-state index contributed by atoms with van der Waals surface area (Å²) in [7, 11) is 0. The van der Waals surface area contributed by atoms with Gasteiger partial charge < -0.3 is 4.42 Å². The van der Waals surface area contributed by atoms with Gasteiger partial charge in [-0.05, 0) is 26.0 Å². The van der Waals surface area contributed by atoms with Crippen molar-refractivity contribution >= 4 is 18.2 Å². The Labute approximate surface area is 79.1 Å². The van der Waals surface area contributed by atoms with Gasteiger partial charge in [-0.2, -0.15) is 0 Å². The van der Waals surface area contributed by atoms with Crippen LogP contribution in [0.4, 0.5) is 0 Å². The smallest absolute Gasteiger partial charge is 0.134 e. The Bertz CT molecular complexity index is 353. The third kappa shape index (κ3) is 1.64. The molecule has 1 aromatic rings. The van der Waals surface area contributed by atoms with Crippen LogP contribution in [-0.2, 0) is 0 Å². The Kier molecular flexibility index (Phi) is 2.91. The fourth-order valence-electron chi connectivity index (χ4n) is 1.28. The average molecular weight is 174 g/mol. The number of hydrogen-bond donors (Lipinski definition) is 0. The lowest BCUT2D eigenvalue weighted by Gasteiger charge is -1.89. The summed E-state index contributed by atoms with van der Waals surface area (Å²) in [5, 5.41) is 0.